The van der Waals surface area contributed by atoms with Crippen molar-refractivity contribution in [1.82, 2.24) is 0 Å². The Morgan fingerprint density at radius 2 is 2.29 bits per heavy atom. The van der Waals surface area contributed by atoms with E-state index in [9.17, 15) is 4.79 Å². The SMILES string of the molecule is C/C=C/c1ccc(CCl)c(C(=O)O)c1. The molecule has 0 spiro atoms. The summed E-state index contributed by atoms with van der Waals surface area (Å²) in [6.45, 7) is 1.88. The quantitative estimate of drug-likeness (QED) is 0.779. The second kappa shape index (κ2) is 4.82. The maximum Gasteiger partial charge on any atom is 0.336 e. The Bertz CT molecular complexity index is 370. The molecule has 1 aromatic rings. The first kappa shape index (κ1) is 10.8. The summed E-state index contributed by atoms with van der Waals surface area (Å²) < 4.78 is 0. The van der Waals surface area contributed by atoms with Crippen LogP contribution in [0.2, 0.25) is 0 Å². The van der Waals surface area contributed by atoms with Gasteiger partial charge in [-0.2, -0.15) is 0 Å². The second-order valence-corrected chi connectivity index (χ2v) is 3.12. The van der Waals surface area contributed by atoms with Crippen molar-refractivity contribution in [1.29, 1.82) is 0 Å². The lowest BCUT2D eigenvalue weighted by Gasteiger charge is -2.03. The van der Waals surface area contributed by atoms with Gasteiger partial charge in [-0.15, -0.1) is 11.6 Å². The van der Waals surface area contributed by atoms with Crippen LogP contribution in [-0.2, 0) is 5.88 Å². The van der Waals surface area contributed by atoms with Gasteiger partial charge in [-0.05, 0) is 24.1 Å². The van der Waals surface area contributed by atoms with Crippen LogP contribution in [0.3, 0.4) is 0 Å². The predicted molar refractivity (Wildman–Crippen MR) is 57.7 cm³/mol. The lowest BCUT2D eigenvalue weighted by atomic mass is 10.0. The summed E-state index contributed by atoms with van der Waals surface area (Å²) in [6, 6.07) is 5.22. The third kappa shape index (κ3) is 2.36. The van der Waals surface area contributed by atoms with Crippen LogP contribution in [-0.4, -0.2) is 11.1 Å². The Hall–Kier alpha value is -1.28. The van der Waals surface area contributed by atoms with Gasteiger partial charge in [-0.25, -0.2) is 4.79 Å². The van der Waals surface area contributed by atoms with Gasteiger partial charge in [0.15, 0.2) is 0 Å². The van der Waals surface area contributed by atoms with Crippen LogP contribution < -0.4 is 0 Å². The van der Waals surface area contributed by atoms with Gasteiger partial charge < -0.3 is 5.11 Å². The molecule has 3 heteroatoms. The van der Waals surface area contributed by atoms with Gasteiger partial charge in [0.2, 0.25) is 0 Å². The van der Waals surface area contributed by atoms with Crippen molar-refractivity contribution in [3.63, 3.8) is 0 Å². The first-order valence-corrected chi connectivity index (χ1v) is 4.77. The summed E-state index contributed by atoms with van der Waals surface area (Å²) in [5.41, 5.74) is 1.79. The molecule has 1 aromatic carbocycles. The van der Waals surface area contributed by atoms with Crippen LogP contribution in [0.25, 0.3) is 6.08 Å². The van der Waals surface area contributed by atoms with Crippen molar-refractivity contribution in [2.75, 3.05) is 0 Å². The van der Waals surface area contributed by atoms with Crippen molar-refractivity contribution in [2.45, 2.75) is 12.8 Å². The summed E-state index contributed by atoms with van der Waals surface area (Å²) in [5.74, 6) is -0.718. The minimum Gasteiger partial charge on any atom is -0.478 e. The number of carbonyl (C=O) groups is 1. The number of hydrogen-bond acceptors (Lipinski definition) is 1. The zero-order valence-corrected chi connectivity index (χ0v) is 8.58. The molecular formula is C11H11ClO2. The van der Waals surface area contributed by atoms with Crippen molar-refractivity contribution >= 4 is 23.6 Å². The van der Waals surface area contributed by atoms with E-state index >= 15 is 0 Å². The van der Waals surface area contributed by atoms with E-state index < -0.39 is 5.97 Å². The highest BCUT2D eigenvalue weighted by atomic mass is 35.5. The summed E-state index contributed by atoms with van der Waals surface area (Å²) >= 11 is 5.62. The number of carboxylic acid groups (broad SMARTS) is 1. The molecule has 74 valence electrons. The summed E-state index contributed by atoms with van der Waals surface area (Å²) in [6.07, 6.45) is 3.71. The van der Waals surface area contributed by atoms with E-state index in [-0.39, 0.29) is 11.4 Å². The number of aromatic carboxylic acids is 1. The zero-order chi connectivity index (χ0) is 10.6. The maximum absolute atomic E-state index is 10.9. The van der Waals surface area contributed by atoms with Gasteiger partial charge in [0.05, 0.1) is 5.56 Å². The maximum atomic E-state index is 10.9. The van der Waals surface area contributed by atoms with E-state index in [2.05, 4.69) is 0 Å². The first-order valence-electron chi connectivity index (χ1n) is 4.24. The number of rotatable bonds is 3. The Kier molecular flexibility index (Phi) is 3.72. The highest BCUT2D eigenvalue weighted by Crippen LogP contribution is 2.15. The molecule has 0 aromatic heterocycles. The lowest BCUT2D eigenvalue weighted by Crippen LogP contribution is -2.01. The molecule has 1 N–H and O–H groups in total. The number of allylic oxidation sites excluding steroid dienone is 1. The fourth-order valence-corrected chi connectivity index (χ4v) is 1.44. The molecule has 0 amide bonds. The second-order valence-electron chi connectivity index (χ2n) is 2.86. The van der Waals surface area contributed by atoms with E-state index in [0.717, 1.165) is 5.56 Å². The molecule has 0 radical (unpaired) electrons. The molecule has 0 bridgehead atoms. The number of benzene rings is 1. The van der Waals surface area contributed by atoms with E-state index in [4.69, 9.17) is 16.7 Å². The Morgan fingerprint density at radius 3 is 2.79 bits per heavy atom. The van der Waals surface area contributed by atoms with Crippen molar-refractivity contribution in [3.05, 3.63) is 41.0 Å². The van der Waals surface area contributed by atoms with E-state index in [0.29, 0.717) is 5.56 Å². The smallest absolute Gasteiger partial charge is 0.336 e. The van der Waals surface area contributed by atoms with Crippen LogP contribution in [0.5, 0.6) is 0 Å². The van der Waals surface area contributed by atoms with Gasteiger partial charge in [0.1, 0.15) is 0 Å². The summed E-state index contributed by atoms with van der Waals surface area (Å²) in [5, 5.41) is 8.91. The van der Waals surface area contributed by atoms with E-state index in [1.54, 1.807) is 12.1 Å². The number of halogens is 1. The standard InChI is InChI=1S/C11H11ClO2/c1-2-3-8-4-5-9(7-12)10(6-8)11(13)14/h2-6H,7H2,1H3,(H,13,14)/b3-2+. The average Bonchev–Trinajstić information content (AvgIpc) is 2.18. The van der Waals surface area contributed by atoms with E-state index in [1.165, 1.54) is 0 Å². The molecule has 0 aliphatic rings. The minimum atomic E-state index is -0.938. The molecule has 0 atom stereocenters. The van der Waals surface area contributed by atoms with Crippen LogP contribution in [0.4, 0.5) is 0 Å². The van der Waals surface area contributed by atoms with Crippen LogP contribution >= 0.6 is 11.6 Å². The van der Waals surface area contributed by atoms with Crippen LogP contribution in [0.15, 0.2) is 24.3 Å². The monoisotopic (exact) mass is 210 g/mol. The molecule has 0 fully saturated rings. The highest BCUT2D eigenvalue weighted by Gasteiger charge is 2.08. The zero-order valence-electron chi connectivity index (χ0n) is 7.83. The van der Waals surface area contributed by atoms with Gasteiger partial charge in [-0.3, -0.25) is 0 Å². The molecule has 0 aliphatic heterocycles. The van der Waals surface area contributed by atoms with Crippen molar-refractivity contribution < 1.29 is 9.90 Å². The fraction of sp³-hybridized carbons (Fsp3) is 0.182. The normalized spacial score (nSPS) is 10.7. The molecule has 2 nitrogen and oxygen atoms in total. The molecule has 0 unspecified atom stereocenters. The van der Waals surface area contributed by atoms with Crippen molar-refractivity contribution in [3.8, 4) is 0 Å². The third-order valence-electron chi connectivity index (χ3n) is 1.87. The summed E-state index contributed by atoms with van der Waals surface area (Å²) in [7, 11) is 0. The number of alkyl halides is 1. The third-order valence-corrected chi connectivity index (χ3v) is 2.16. The Balaban J connectivity index is 3.20. The largest absolute Gasteiger partial charge is 0.478 e. The summed E-state index contributed by atoms with van der Waals surface area (Å²) in [4.78, 5) is 10.9. The predicted octanol–water partition coefficient (Wildman–Crippen LogP) is 3.16. The highest BCUT2D eigenvalue weighted by molar-refractivity contribution is 6.17. The van der Waals surface area contributed by atoms with Gasteiger partial charge >= 0.3 is 5.97 Å². The molecule has 14 heavy (non-hydrogen) atoms. The Labute approximate surface area is 87.8 Å². The topological polar surface area (TPSA) is 37.3 Å². The minimum absolute atomic E-state index is 0.220. The van der Waals surface area contributed by atoms with E-state index in [1.807, 2.05) is 25.1 Å². The van der Waals surface area contributed by atoms with Crippen molar-refractivity contribution in [2.24, 2.45) is 0 Å². The Morgan fingerprint density at radius 1 is 1.57 bits per heavy atom. The number of carboxylic acids is 1. The van der Waals surface area contributed by atoms with Gasteiger partial charge in [0, 0.05) is 5.88 Å². The first-order chi connectivity index (χ1) is 6.69. The fourth-order valence-electron chi connectivity index (χ4n) is 1.21. The van der Waals surface area contributed by atoms with Gasteiger partial charge in [-0.1, -0.05) is 24.3 Å². The van der Waals surface area contributed by atoms with Crippen LogP contribution in [0, 0.1) is 0 Å². The number of hydrogen-bond donors (Lipinski definition) is 1. The lowest BCUT2D eigenvalue weighted by molar-refractivity contribution is 0.0696. The van der Waals surface area contributed by atoms with Gasteiger partial charge in [0.25, 0.3) is 0 Å². The molecule has 0 heterocycles. The molecular weight excluding hydrogens is 200 g/mol. The molecule has 0 saturated heterocycles. The van der Waals surface area contributed by atoms with Crippen LogP contribution in [0.1, 0.15) is 28.4 Å². The molecule has 0 saturated carbocycles. The molecule has 1 rings (SSSR count). The average molecular weight is 211 g/mol. The molecule has 0 aliphatic carbocycles.